The van der Waals surface area contributed by atoms with E-state index in [1.54, 1.807) is 0 Å². The van der Waals surface area contributed by atoms with E-state index in [1.807, 2.05) is 18.3 Å². The summed E-state index contributed by atoms with van der Waals surface area (Å²) in [4.78, 5) is 21.5. The van der Waals surface area contributed by atoms with Crippen LogP contribution in [0.2, 0.25) is 0 Å². The quantitative estimate of drug-likeness (QED) is 0.795. The summed E-state index contributed by atoms with van der Waals surface area (Å²) in [6.07, 6.45) is 10.5. The lowest BCUT2D eigenvalue weighted by Gasteiger charge is -2.38. The second-order valence-corrected chi connectivity index (χ2v) is 9.15. The Labute approximate surface area is 175 Å². The second-order valence-electron chi connectivity index (χ2n) is 9.15. The summed E-state index contributed by atoms with van der Waals surface area (Å²) in [5, 5.41) is 3.05. The molecule has 160 valence electrons. The fourth-order valence-electron chi connectivity index (χ4n) is 4.57. The van der Waals surface area contributed by atoms with Gasteiger partial charge in [-0.2, -0.15) is 0 Å². The predicted molar refractivity (Wildman–Crippen MR) is 115 cm³/mol. The summed E-state index contributed by atoms with van der Waals surface area (Å²) in [6.45, 7) is 8.86. The maximum Gasteiger partial charge on any atom is 0.270 e. The minimum Gasteiger partial charge on any atom is -0.375 e. The number of likely N-dealkylation sites (tertiary alicyclic amines) is 1. The van der Waals surface area contributed by atoms with E-state index >= 15 is 0 Å². The molecule has 1 aliphatic carbocycles. The molecule has 1 aromatic heterocycles. The summed E-state index contributed by atoms with van der Waals surface area (Å²) in [5.74, 6) is -0.0446. The van der Waals surface area contributed by atoms with Crippen molar-refractivity contribution in [2.75, 3.05) is 31.1 Å². The summed E-state index contributed by atoms with van der Waals surface area (Å²) in [7, 11) is 0. The van der Waals surface area contributed by atoms with Gasteiger partial charge in [-0.3, -0.25) is 4.79 Å². The zero-order chi connectivity index (χ0) is 20.2. The van der Waals surface area contributed by atoms with E-state index < -0.39 is 0 Å². The SMILES string of the molecule is CC(C)N1CCC(OC2CCN(c3ccc(C(=O)NC4CCC4)nc3)CC2)CC1. The number of nitrogens with one attached hydrogen (secondary N) is 1. The molecular weight excluding hydrogens is 364 g/mol. The first-order valence-corrected chi connectivity index (χ1v) is 11.5. The molecule has 0 atom stereocenters. The molecule has 0 unspecified atom stereocenters. The number of hydrogen-bond donors (Lipinski definition) is 1. The fraction of sp³-hybridized carbons (Fsp3) is 0.739. The third-order valence-corrected chi connectivity index (χ3v) is 6.82. The van der Waals surface area contributed by atoms with Crippen molar-refractivity contribution in [3.63, 3.8) is 0 Å². The third kappa shape index (κ3) is 5.28. The van der Waals surface area contributed by atoms with Crippen molar-refractivity contribution < 1.29 is 9.53 Å². The van der Waals surface area contributed by atoms with Crippen LogP contribution in [0, 0.1) is 0 Å². The molecule has 1 amide bonds. The summed E-state index contributed by atoms with van der Waals surface area (Å²) >= 11 is 0. The van der Waals surface area contributed by atoms with Gasteiger partial charge in [0.1, 0.15) is 5.69 Å². The van der Waals surface area contributed by atoms with Gasteiger partial charge in [-0.15, -0.1) is 0 Å². The zero-order valence-corrected chi connectivity index (χ0v) is 18.0. The first-order valence-electron chi connectivity index (χ1n) is 11.5. The van der Waals surface area contributed by atoms with E-state index in [4.69, 9.17) is 4.74 Å². The van der Waals surface area contributed by atoms with E-state index in [2.05, 4.69) is 33.9 Å². The Hall–Kier alpha value is -1.66. The van der Waals surface area contributed by atoms with Crippen LogP contribution in [-0.2, 0) is 4.74 Å². The minimum atomic E-state index is -0.0446. The van der Waals surface area contributed by atoms with Crippen molar-refractivity contribution >= 4 is 11.6 Å². The van der Waals surface area contributed by atoms with E-state index in [0.29, 0.717) is 30.0 Å². The van der Waals surface area contributed by atoms with E-state index in [9.17, 15) is 4.79 Å². The molecule has 1 saturated carbocycles. The molecule has 3 heterocycles. The number of piperidine rings is 2. The molecule has 4 rings (SSSR count). The number of carbonyl (C=O) groups excluding carboxylic acids is 1. The number of pyridine rings is 1. The van der Waals surface area contributed by atoms with E-state index in [0.717, 1.165) is 70.4 Å². The topological polar surface area (TPSA) is 57.7 Å². The normalized spacial score (nSPS) is 22.7. The molecule has 3 aliphatic rings. The van der Waals surface area contributed by atoms with Gasteiger partial charge < -0.3 is 19.9 Å². The van der Waals surface area contributed by atoms with Crippen molar-refractivity contribution in [2.24, 2.45) is 0 Å². The summed E-state index contributed by atoms with van der Waals surface area (Å²) < 4.78 is 6.43. The number of aromatic nitrogens is 1. The molecule has 0 radical (unpaired) electrons. The van der Waals surface area contributed by atoms with Gasteiger partial charge in [-0.1, -0.05) is 0 Å². The monoisotopic (exact) mass is 400 g/mol. The van der Waals surface area contributed by atoms with Crippen LogP contribution in [0.3, 0.4) is 0 Å². The van der Waals surface area contributed by atoms with Gasteiger partial charge in [0.15, 0.2) is 0 Å². The summed E-state index contributed by atoms with van der Waals surface area (Å²) in [6, 6.07) is 4.88. The third-order valence-electron chi connectivity index (χ3n) is 6.82. The molecular formula is C23H36N4O2. The van der Waals surface area contributed by atoms with E-state index in [-0.39, 0.29) is 5.91 Å². The number of hydrogen-bond acceptors (Lipinski definition) is 5. The van der Waals surface area contributed by atoms with Crippen molar-refractivity contribution in [3.05, 3.63) is 24.0 Å². The molecule has 3 fully saturated rings. The lowest BCUT2D eigenvalue weighted by molar-refractivity contribution is -0.0540. The highest BCUT2D eigenvalue weighted by Crippen LogP contribution is 2.25. The van der Waals surface area contributed by atoms with Crippen LogP contribution in [0.4, 0.5) is 5.69 Å². The van der Waals surface area contributed by atoms with Crippen LogP contribution in [0.15, 0.2) is 18.3 Å². The van der Waals surface area contributed by atoms with Gasteiger partial charge in [-0.25, -0.2) is 4.98 Å². The zero-order valence-electron chi connectivity index (χ0n) is 18.0. The Morgan fingerprint density at radius 3 is 2.21 bits per heavy atom. The number of carbonyl (C=O) groups is 1. The molecule has 1 aromatic rings. The Balaban J connectivity index is 1.21. The maximum absolute atomic E-state index is 12.2. The van der Waals surface area contributed by atoms with Gasteiger partial charge in [0, 0.05) is 38.3 Å². The van der Waals surface area contributed by atoms with Crippen molar-refractivity contribution in [2.45, 2.75) is 83.1 Å². The molecule has 0 spiro atoms. The Morgan fingerprint density at radius 2 is 1.69 bits per heavy atom. The van der Waals surface area contributed by atoms with Gasteiger partial charge >= 0.3 is 0 Å². The van der Waals surface area contributed by atoms with Gasteiger partial charge in [-0.05, 0) is 70.9 Å². The average Bonchev–Trinajstić information content (AvgIpc) is 2.72. The molecule has 6 heteroatoms. The van der Waals surface area contributed by atoms with Crippen LogP contribution in [-0.4, -0.2) is 66.3 Å². The Kier molecular flexibility index (Phi) is 6.70. The summed E-state index contributed by atoms with van der Waals surface area (Å²) in [5.41, 5.74) is 1.63. The highest BCUT2D eigenvalue weighted by Gasteiger charge is 2.27. The van der Waals surface area contributed by atoms with Crippen LogP contribution < -0.4 is 10.2 Å². The first-order chi connectivity index (χ1) is 14.1. The van der Waals surface area contributed by atoms with Crippen LogP contribution in [0.25, 0.3) is 0 Å². The average molecular weight is 401 g/mol. The molecule has 6 nitrogen and oxygen atoms in total. The lowest BCUT2D eigenvalue weighted by Crippen LogP contribution is -2.44. The van der Waals surface area contributed by atoms with Crippen LogP contribution in [0.5, 0.6) is 0 Å². The molecule has 29 heavy (non-hydrogen) atoms. The smallest absolute Gasteiger partial charge is 0.270 e. The van der Waals surface area contributed by atoms with Crippen molar-refractivity contribution in [1.29, 1.82) is 0 Å². The molecule has 0 bridgehead atoms. The Morgan fingerprint density at radius 1 is 1.03 bits per heavy atom. The molecule has 2 saturated heterocycles. The molecule has 2 aliphatic heterocycles. The first kappa shape index (κ1) is 20.6. The predicted octanol–water partition coefficient (Wildman–Crippen LogP) is 3.22. The highest BCUT2D eigenvalue weighted by molar-refractivity contribution is 5.92. The largest absolute Gasteiger partial charge is 0.375 e. The molecule has 1 N–H and O–H groups in total. The number of ether oxygens (including phenoxy) is 1. The van der Waals surface area contributed by atoms with E-state index in [1.165, 1.54) is 6.42 Å². The second kappa shape index (κ2) is 9.43. The number of rotatable bonds is 6. The van der Waals surface area contributed by atoms with Crippen molar-refractivity contribution in [1.82, 2.24) is 15.2 Å². The number of amides is 1. The van der Waals surface area contributed by atoms with Crippen LogP contribution in [0.1, 0.15) is 69.3 Å². The standard InChI is InChI=1S/C23H36N4O2/c1-17(2)26-12-8-20(9-13-26)29-21-10-14-27(15-11-21)19-6-7-22(24-16-19)23(28)25-18-4-3-5-18/h6-7,16-18,20-21H,3-5,8-15H2,1-2H3,(H,25,28). The Bertz CT molecular complexity index is 658. The van der Waals surface area contributed by atoms with Gasteiger partial charge in [0.2, 0.25) is 0 Å². The van der Waals surface area contributed by atoms with Gasteiger partial charge in [0.05, 0.1) is 24.1 Å². The van der Waals surface area contributed by atoms with Crippen LogP contribution >= 0.6 is 0 Å². The highest BCUT2D eigenvalue weighted by atomic mass is 16.5. The lowest BCUT2D eigenvalue weighted by atomic mass is 9.93. The number of nitrogens with zero attached hydrogens (tertiary/aromatic N) is 3. The maximum atomic E-state index is 12.2. The fourth-order valence-corrected chi connectivity index (χ4v) is 4.57. The van der Waals surface area contributed by atoms with Gasteiger partial charge in [0.25, 0.3) is 5.91 Å². The minimum absolute atomic E-state index is 0.0446. The molecule has 0 aromatic carbocycles. The van der Waals surface area contributed by atoms with Crippen molar-refractivity contribution in [3.8, 4) is 0 Å². The number of anilines is 1.